The first kappa shape index (κ1) is 40.6. The number of rotatable bonds is 4. The molecule has 9 rings (SSSR count). The number of alkyl halides is 6. The van der Waals surface area contributed by atoms with Gasteiger partial charge in [0.1, 0.15) is 0 Å². The van der Waals surface area contributed by atoms with E-state index in [-0.39, 0.29) is 22.5 Å². The highest BCUT2D eigenvalue weighted by Gasteiger charge is 2.38. The van der Waals surface area contributed by atoms with Crippen LogP contribution in [0.4, 0.5) is 26.3 Å². The largest absolute Gasteiger partial charge is 0.417 e. The van der Waals surface area contributed by atoms with Gasteiger partial charge in [-0.1, -0.05) is 108 Å². The van der Waals surface area contributed by atoms with E-state index in [1.54, 1.807) is 24.3 Å². The quantitative estimate of drug-likeness (QED) is 0.163. The minimum Gasteiger partial charge on any atom is -0.309 e. The number of halogens is 6. The number of aromatic nitrogens is 2. The maximum Gasteiger partial charge on any atom is 0.417 e. The topological polar surface area (TPSA) is 33.6 Å². The molecular formula is C53H41F6N3. The van der Waals surface area contributed by atoms with E-state index in [1.165, 1.54) is 6.07 Å². The molecule has 0 atom stereocenters. The zero-order valence-corrected chi connectivity index (χ0v) is 34.9. The number of hydrogen-bond donors (Lipinski definition) is 0. The predicted molar refractivity (Wildman–Crippen MR) is 238 cm³/mol. The number of para-hydroxylation sites is 2. The molecule has 0 aliphatic heterocycles. The minimum atomic E-state index is -5.09. The van der Waals surface area contributed by atoms with Gasteiger partial charge in [-0.3, -0.25) is 0 Å². The maximum atomic E-state index is 14.8. The normalized spacial score (nSPS) is 12.8. The first-order chi connectivity index (χ1) is 29.2. The van der Waals surface area contributed by atoms with Gasteiger partial charge in [-0.25, -0.2) is 0 Å². The Labute approximate surface area is 355 Å². The van der Waals surface area contributed by atoms with Crippen molar-refractivity contribution in [2.45, 2.75) is 64.7 Å². The molecule has 0 saturated carbocycles. The fourth-order valence-electron chi connectivity index (χ4n) is 8.73. The Hall–Kier alpha value is -6.79. The van der Waals surface area contributed by atoms with Crippen LogP contribution in [0.2, 0.25) is 0 Å². The van der Waals surface area contributed by atoms with E-state index in [1.807, 2.05) is 65.2 Å². The molecule has 0 radical (unpaired) electrons. The molecule has 62 heavy (non-hydrogen) atoms. The van der Waals surface area contributed by atoms with E-state index >= 15 is 0 Å². The van der Waals surface area contributed by atoms with Crippen molar-refractivity contribution < 1.29 is 26.3 Å². The smallest absolute Gasteiger partial charge is 0.309 e. The molecule has 2 aromatic heterocycles. The lowest BCUT2D eigenvalue weighted by atomic mass is 9.86. The van der Waals surface area contributed by atoms with Gasteiger partial charge in [0.2, 0.25) is 0 Å². The van der Waals surface area contributed by atoms with Crippen molar-refractivity contribution in [3.63, 3.8) is 0 Å². The summed E-state index contributed by atoms with van der Waals surface area (Å²) in [5, 5.41) is 14.2. The summed E-state index contributed by atoms with van der Waals surface area (Å²) in [5.41, 5.74) is 5.06. The van der Waals surface area contributed by atoms with Gasteiger partial charge in [0.25, 0.3) is 0 Å². The number of hydrogen-bond acceptors (Lipinski definition) is 1. The SMILES string of the molecule is CC(C)(C)c1ccc2c(c1)c1ccccc1n2-c1ccc(C#N)cc1-c1ccc(-c2ccc(C(F)(F)F)cc2C(F)(F)F)cc1-n1c2ccccc2c2cc(C(C)(C)C)ccc21. The summed E-state index contributed by atoms with van der Waals surface area (Å²) in [6.07, 6.45) is -10.1. The molecule has 2 heterocycles. The van der Waals surface area contributed by atoms with Crippen molar-refractivity contribution in [1.82, 2.24) is 9.13 Å². The summed E-state index contributed by atoms with van der Waals surface area (Å²) in [4.78, 5) is 0. The molecule has 0 saturated heterocycles. The summed E-state index contributed by atoms with van der Waals surface area (Å²) in [7, 11) is 0. The van der Waals surface area contributed by atoms with E-state index in [9.17, 15) is 31.6 Å². The molecule has 3 nitrogen and oxygen atoms in total. The van der Waals surface area contributed by atoms with Crippen molar-refractivity contribution in [1.29, 1.82) is 5.26 Å². The summed E-state index contributed by atoms with van der Waals surface area (Å²) < 4.78 is 90.2. The fraction of sp³-hybridized carbons (Fsp3) is 0.189. The van der Waals surface area contributed by atoms with E-state index < -0.39 is 29.0 Å². The van der Waals surface area contributed by atoms with Gasteiger partial charge in [0.15, 0.2) is 0 Å². The summed E-state index contributed by atoms with van der Waals surface area (Å²) in [6, 6.07) is 42.9. The zero-order valence-electron chi connectivity index (χ0n) is 34.9. The highest BCUT2D eigenvalue weighted by Crippen LogP contribution is 2.46. The molecule has 9 heteroatoms. The van der Waals surface area contributed by atoms with E-state index in [4.69, 9.17) is 0 Å². The molecule has 310 valence electrons. The molecule has 0 N–H and O–H groups in total. The lowest BCUT2D eigenvalue weighted by Crippen LogP contribution is -2.12. The number of fused-ring (bicyclic) bond motifs is 6. The van der Waals surface area contributed by atoms with Crippen LogP contribution in [0.3, 0.4) is 0 Å². The van der Waals surface area contributed by atoms with Gasteiger partial charge >= 0.3 is 12.4 Å². The Balaban J connectivity index is 1.41. The van der Waals surface area contributed by atoms with Gasteiger partial charge in [0, 0.05) is 32.7 Å². The predicted octanol–water partition coefficient (Wildman–Crippen LogP) is 15.7. The van der Waals surface area contributed by atoms with Crippen molar-refractivity contribution in [3.8, 4) is 39.7 Å². The third kappa shape index (κ3) is 6.78. The molecule has 9 aromatic rings. The van der Waals surface area contributed by atoms with Gasteiger partial charge < -0.3 is 9.13 Å². The fourth-order valence-corrected chi connectivity index (χ4v) is 8.73. The summed E-state index contributed by atoms with van der Waals surface area (Å²) in [5.74, 6) is 0. The van der Waals surface area contributed by atoms with E-state index in [0.29, 0.717) is 28.4 Å². The lowest BCUT2D eigenvalue weighted by Gasteiger charge is -2.22. The summed E-state index contributed by atoms with van der Waals surface area (Å²) >= 11 is 0. The average molecular weight is 834 g/mol. The third-order valence-electron chi connectivity index (χ3n) is 11.9. The van der Waals surface area contributed by atoms with Crippen LogP contribution < -0.4 is 0 Å². The second-order valence-electron chi connectivity index (χ2n) is 18.0. The first-order valence-electron chi connectivity index (χ1n) is 20.3. The Morgan fingerprint density at radius 1 is 0.419 bits per heavy atom. The number of nitriles is 1. The van der Waals surface area contributed by atoms with Crippen molar-refractivity contribution in [2.24, 2.45) is 0 Å². The second-order valence-corrected chi connectivity index (χ2v) is 18.0. The van der Waals surface area contributed by atoms with Crippen LogP contribution in [-0.4, -0.2) is 9.13 Å². The number of benzene rings is 7. The Morgan fingerprint density at radius 2 is 0.919 bits per heavy atom. The van der Waals surface area contributed by atoms with Crippen LogP contribution in [0.5, 0.6) is 0 Å². The van der Waals surface area contributed by atoms with Crippen molar-refractivity contribution in [2.75, 3.05) is 0 Å². The van der Waals surface area contributed by atoms with E-state index in [0.717, 1.165) is 66.5 Å². The van der Waals surface area contributed by atoms with Gasteiger partial charge in [-0.15, -0.1) is 0 Å². The van der Waals surface area contributed by atoms with E-state index in [2.05, 4.69) is 82.5 Å². The summed E-state index contributed by atoms with van der Waals surface area (Å²) in [6.45, 7) is 12.9. The van der Waals surface area contributed by atoms with Crippen LogP contribution in [-0.2, 0) is 23.2 Å². The van der Waals surface area contributed by atoms with Crippen LogP contribution in [0.25, 0.3) is 77.2 Å². The standard InChI is InChI=1S/C53H41F6N3/c1-50(2,3)33-18-23-47-41(27-33)37-11-7-9-13-44(37)61(47)46-22-15-31(30-60)25-40(46)39-20-16-32(36-21-17-35(52(54,55)56)29-43(36)53(57,58)59)26-49(39)62-45-14-10-8-12-38(45)42-28-34(51(4,5)6)19-24-48(42)62/h7-29H,1-6H3. The highest BCUT2D eigenvalue weighted by atomic mass is 19.4. The van der Waals surface area contributed by atoms with Crippen LogP contribution in [0.15, 0.2) is 140 Å². The average Bonchev–Trinajstić information content (AvgIpc) is 3.74. The molecule has 0 bridgehead atoms. The van der Waals surface area contributed by atoms with Crippen LogP contribution in [0.1, 0.15) is 69.4 Å². The van der Waals surface area contributed by atoms with Gasteiger partial charge in [0.05, 0.1) is 56.2 Å². The highest BCUT2D eigenvalue weighted by molar-refractivity contribution is 6.12. The van der Waals surface area contributed by atoms with Gasteiger partial charge in [-0.05, 0) is 106 Å². The Kier molecular flexibility index (Phi) is 9.26. The van der Waals surface area contributed by atoms with Crippen molar-refractivity contribution in [3.05, 3.63) is 167 Å². The van der Waals surface area contributed by atoms with Crippen molar-refractivity contribution >= 4 is 43.6 Å². The molecule has 0 spiro atoms. The lowest BCUT2D eigenvalue weighted by molar-refractivity contribution is -0.142. The molecule has 0 unspecified atom stereocenters. The van der Waals surface area contributed by atoms with Crippen LogP contribution in [0, 0.1) is 11.3 Å². The Bertz CT molecular complexity index is 3300. The molecule has 0 fully saturated rings. The third-order valence-corrected chi connectivity index (χ3v) is 11.9. The molecule has 0 amide bonds. The van der Waals surface area contributed by atoms with Gasteiger partial charge in [-0.2, -0.15) is 31.6 Å². The molecule has 0 aliphatic rings. The Morgan fingerprint density at radius 3 is 1.44 bits per heavy atom. The second kappa shape index (κ2) is 14.1. The first-order valence-corrected chi connectivity index (χ1v) is 20.3. The number of nitrogens with zero attached hydrogens (tertiary/aromatic N) is 3. The minimum absolute atomic E-state index is 0.0756. The van der Waals surface area contributed by atoms with Crippen LogP contribution >= 0.6 is 0 Å². The zero-order chi connectivity index (χ0) is 44.1. The maximum absolute atomic E-state index is 14.8. The molecule has 7 aromatic carbocycles. The molecular weight excluding hydrogens is 793 g/mol. The molecule has 0 aliphatic carbocycles. The monoisotopic (exact) mass is 833 g/mol.